The van der Waals surface area contributed by atoms with E-state index in [9.17, 15) is 9.90 Å². The maximum absolute atomic E-state index is 12.3. The van der Waals surface area contributed by atoms with Gasteiger partial charge in [0.2, 0.25) is 0 Å². The van der Waals surface area contributed by atoms with Crippen LogP contribution >= 0.6 is 0 Å². The van der Waals surface area contributed by atoms with Crippen molar-refractivity contribution in [2.45, 2.75) is 44.6 Å². The minimum Gasteiger partial charge on any atom is -0.378 e. The number of amides is 1. The fraction of sp³-hybridized carbons (Fsp3) is 0.632. The Morgan fingerprint density at radius 3 is 2.18 bits per heavy atom. The molecule has 1 atom stereocenters. The summed E-state index contributed by atoms with van der Waals surface area (Å²) in [6.07, 6.45) is 7.04. The van der Waals surface area contributed by atoms with Crippen LogP contribution in [0.1, 0.15) is 50.2 Å². The zero-order valence-electron chi connectivity index (χ0n) is 13.0. The molecule has 1 aromatic rings. The second-order valence-corrected chi connectivity index (χ2v) is 7.95. The minimum atomic E-state index is -1.05. The van der Waals surface area contributed by atoms with Gasteiger partial charge in [-0.15, -0.1) is 0 Å². The van der Waals surface area contributed by atoms with Crippen molar-refractivity contribution < 1.29 is 9.90 Å². The van der Waals surface area contributed by atoms with E-state index in [-0.39, 0.29) is 5.91 Å². The molecule has 0 spiro atoms. The predicted molar refractivity (Wildman–Crippen MR) is 85.0 cm³/mol. The molecule has 1 amide bonds. The molecule has 4 aliphatic rings. The largest absolute Gasteiger partial charge is 0.378 e. The van der Waals surface area contributed by atoms with Gasteiger partial charge in [0.25, 0.3) is 5.91 Å². The summed E-state index contributed by atoms with van der Waals surface area (Å²) < 4.78 is 0. The molecular formula is C19H25NO2. The third kappa shape index (κ3) is 2.56. The van der Waals surface area contributed by atoms with Gasteiger partial charge in [0.1, 0.15) is 0 Å². The highest BCUT2D eigenvalue weighted by molar-refractivity contribution is 5.81. The number of rotatable bonds is 4. The average molecular weight is 299 g/mol. The third-order valence-electron chi connectivity index (χ3n) is 6.17. The molecular weight excluding hydrogens is 274 g/mol. The van der Waals surface area contributed by atoms with Crippen LogP contribution in [0.4, 0.5) is 0 Å². The zero-order valence-corrected chi connectivity index (χ0v) is 13.0. The van der Waals surface area contributed by atoms with Crippen LogP contribution in [0.5, 0.6) is 0 Å². The molecule has 0 heterocycles. The van der Waals surface area contributed by atoms with E-state index >= 15 is 0 Å². The molecule has 2 N–H and O–H groups in total. The first-order valence-corrected chi connectivity index (χ1v) is 8.64. The van der Waals surface area contributed by atoms with E-state index in [2.05, 4.69) is 5.32 Å². The molecule has 3 nitrogen and oxygen atoms in total. The summed E-state index contributed by atoms with van der Waals surface area (Å²) in [5, 5.41) is 13.2. The lowest BCUT2D eigenvalue weighted by Crippen LogP contribution is -2.51. The van der Waals surface area contributed by atoms with Crippen molar-refractivity contribution in [3.63, 3.8) is 0 Å². The first kappa shape index (κ1) is 14.3. The molecule has 0 aromatic heterocycles. The Morgan fingerprint density at radius 1 is 1.09 bits per heavy atom. The molecule has 0 radical (unpaired) electrons. The number of carbonyl (C=O) groups is 1. The lowest BCUT2D eigenvalue weighted by molar-refractivity contribution is -0.131. The van der Waals surface area contributed by atoms with Crippen LogP contribution in [0.25, 0.3) is 0 Å². The van der Waals surface area contributed by atoms with Gasteiger partial charge in [-0.05, 0) is 67.3 Å². The Labute approximate surface area is 132 Å². The number of aliphatic hydroxyl groups is 1. The normalized spacial score (nSPS) is 37.0. The fourth-order valence-corrected chi connectivity index (χ4v) is 5.66. The monoisotopic (exact) mass is 299 g/mol. The zero-order chi connectivity index (χ0) is 15.2. The van der Waals surface area contributed by atoms with Crippen LogP contribution in [0.3, 0.4) is 0 Å². The van der Waals surface area contributed by atoms with Crippen molar-refractivity contribution in [1.82, 2.24) is 5.32 Å². The molecule has 22 heavy (non-hydrogen) atoms. The topological polar surface area (TPSA) is 49.3 Å². The van der Waals surface area contributed by atoms with Crippen molar-refractivity contribution in [3.05, 3.63) is 35.9 Å². The minimum absolute atomic E-state index is 0.248. The second kappa shape index (κ2) is 5.38. The molecule has 0 saturated heterocycles. The maximum Gasteiger partial charge on any atom is 0.253 e. The van der Waals surface area contributed by atoms with Crippen LogP contribution in [0.15, 0.2) is 30.3 Å². The number of aliphatic hydroxyl groups excluding tert-OH is 1. The molecule has 4 fully saturated rings. The van der Waals surface area contributed by atoms with Crippen LogP contribution in [0.2, 0.25) is 0 Å². The van der Waals surface area contributed by atoms with Gasteiger partial charge in [0.15, 0.2) is 6.10 Å². The lowest BCUT2D eigenvalue weighted by atomic mass is 9.49. The maximum atomic E-state index is 12.3. The molecule has 118 valence electrons. The van der Waals surface area contributed by atoms with Crippen molar-refractivity contribution in [2.24, 2.45) is 23.2 Å². The van der Waals surface area contributed by atoms with Crippen LogP contribution in [-0.4, -0.2) is 17.6 Å². The third-order valence-corrected chi connectivity index (χ3v) is 6.17. The number of nitrogens with one attached hydrogen (secondary N) is 1. The number of benzene rings is 1. The number of hydrogen-bond donors (Lipinski definition) is 2. The molecule has 1 aromatic carbocycles. The summed E-state index contributed by atoms with van der Waals surface area (Å²) in [5.41, 5.74) is 0.992. The van der Waals surface area contributed by atoms with Gasteiger partial charge in [-0.25, -0.2) is 0 Å². The summed E-state index contributed by atoms with van der Waals surface area (Å²) in [4.78, 5) is 12.3. The molecule has 4 saturated carbocycles. The van der Waals surface area contributed by atoms with Gasteiger partial charge in [-0.2, -0.15) is 0 Å². The fourth-order valence-electron chi connectivity index (χ4n) is 5.66. The first-order valence-electron chi connectivity index (χ1n) is 8.64. The van der Waals surface area contributed by atoms with Crippen LogP contribution < -0.4 is 5.32 Å². The summed E-state index contributed by atoms with van der Waals surface area (Å²) in [6.45, 7) is 0.749. The van der Waals surface area contributed by atoms with E-state index in [1.165, 1.54) is 38.5 Å². The molecule has 4 aliphatic carbocycles. The van der Waals surface area contributed by atoms with Gasteiger partial charge in [0, 0.05) is 6.54 Å². The van der Waals surface area contributed by atoms with E-state index in [0.717, 1.165) is 24.3 Å². The first-order chi connectivity index (χ1) is 10.6. The Balaban J connectivity index is 1.39. The quantitative estimate of drug-likeness (QED) is 0.897. The lowest BCUT2D eigenvalue weighted by Gasteiger charge is -2.57. The van der Waals surface area contributed by atoms with E-state index < -0.39 is 6.10 Å². The SMILES string of the molecule is O=C(NCC12CC3CC(CC(C3)C1)C2)C(O)c1ccccc1. The molecule has 3 heteroatoms. The van der Waals surface area contributed by atoms with Gasteiger partial charge in [-0.1, -0.05) is 30.3 Å². The summed E-state index contributed by atoms with van der Waals surface area (Å²) in [6, 6.07) is 9.20. The Morgan fingerprint density at radius 2 is 1.64 bits per heavy atom. The van der Waals surface area contributed by atoms with Crippen molar-refractivity contribution in [1.29, 1.82) is 0 Å². The highest BCUT2D eigenvalue weighted by Crippen LogP contribution is 2.59. The molecule has 5 rings (SSSR count). The van der Waals surface area contributed by atoms with E-state index in [0.29, 0.717) is 11.0 Å². The Kier molecular flexibility index (Phi) is 3.48. The molecule has 0 aliphatic heterocycles. The second-order valence-electron chi connectivity index (χ2n) is 7.95. The summed E-state index contributed by atoms with van der Waals surface area (Å²) in [5.74, 6) is 2.42. The smallest absolute Gasteiger partial charge is 0.253 e. The summed E-state index contributed by atoms with van der Waals surface area (Å²) >= 11 is 0. The summed E-state index contributed by atoms with van der Waals surface area (Å²) in [7, 11) is 0. The van der Waals surface area contributed by atoms with E-state index in [1.807, 2.05) is 18.2 Å². The van der Waals surface area contributed by atoms with Gasteiger partial charge < -0.3 is 10.4 Å². The average Bonchev–Trinajstić information content (AvgIpc) is 2.51. The van der Waals surface area contributed by atoms with Crippen LogP contribution in [0, 0.1) is 23.2 Å². The highest BCUT2D eigenvalue weighted by Gasteiger charge is 2.50. The van der Waals surface area contributed by atoms with Gasteiger partial charge in [-0.3, -0.25) is 4.79 Å². The standard InChI is InChI=1S/C19H25NO2/c21-17(16-4-2-1-3-5-16)18(22)20-12-19-9-13-6-14(10-19)8-15(7-13)11-19/h1-5,13-15,17,21H,6-12H2,(H,20,22). The Bertz CT molecular complexity index is 519. The number of hydrogen-bond acceptors (Lipinski definition) is 2. The Hall–Kier alpha value is -1.35. The van der Waals surface area contributed by atoms with Crippen LogP contribution in [-0.2, 0) is 4.79 Å². The van der Waals surface area contributed by atoms with Crippen molar-refractivity contribution >= 4 is 5.91 Å². The van der Waals surface area contributed by atoms with Crippen molar-refractivity contribution in [2.75, 3.05) is 6.54 Å². The predicted octanol–water partition coefficient (Wildman–Crippen LogP) is 3.05. The highest BCUT2D eigenvalue weighted by atomic mass is 16.3. The molecule has 4 bridgehead atoms. The van der Waals surface area contributed by atoms with E-state index in [4.69, 9.17) is 0 Å². The van der Waals surface area contributed by atoms with Gasteiger partial charge in [0.05, 0.1) is 0 Å². The van der Waals surface area contributed by atoms with Gasteiger partial charge >= 0.3 is 0 Å². The number of carbonyl (C=O) groups excluding carboxylic acids is 1. The molecule has 1 unspecified atom stereocenters. The van der Waals surface area contributed by atoms with E-state index in [1.54, 1.807) is 12.1 Å². The van der Waals surface area contributed by atoms with Crippen molar-refractivity contribution in [3.8, 4) is 0 Å².